The summed E-state index contributed by atoms with van der Waals surface area (Å²) >= 11 is 0. The maximum absolute atomic E-state index is 11.5. The first kappa shape index (κ1) is 9.58. The van der Waals surface area contributed by atoms with Crippen LogP contribution in [0.3, 0.4) is 0 Å². The van der Waals surface area contributed by atoms with Crippen molar-refractivity contribution in [3.8, 4) is 0 Å². The van der Waals surface area contributed by atoms with Gasteiger partial charge in [-0.25, -0.2) is 4.39 Å². The van der Waals surface area contributed by atoms with Crippen molar-refractivity contribution < 1.29 is 26.3 Å². The zero-order valence-electron chi connectivity index (χ0n) is 4.47. The fourth-order valence-corrected chi connectivity index (χ4v) is 0.218. The van der Waals surface area contributed by atoms with Gasteiger partial charge in [0.2, 0.25) is 0 Å². The van der Waals surface area contributed by atoms with Gasteiger partial charge >= 0.3 is 12.6 Å². The highest BCUT2D eigenvalue weighted by molar-refractivity contribution is 4.90. The molecule has 0 aromatic carbocycles. The molecule has 10 heavy (non-hydrogen) atoms. The van der Waals surface area contributed by atoms with Crippen LogP contribution in [-0.4, -0.2) is 6.18 Å². The molecule has 0 atom stereocenters. The number of halogens is 6. The number of alkyl halides is 3. The second-order valence-corrected chi connectivity index (χ2v) is 1.42. The van der Waals surface area contributed by atoms with Gasteiger partial charge in [-0.1, -0.05) is 0 Å². The van der Waals surface area contributed by atoms with Crippen molar-refractivity contribution in [2.75, 3.05) is 0 Å². The predicted octanol–water partition coefficient (Wildman–Crippen LogP) is 2.87. The average molecular weight is 164 g/mol. The maximum atomic E-state index is 11.5. The first-order chi connectivity index (χ1) is 4.34. The van der Waals surface area contributed by atoms with Crippen LogP contribution >= 0.6 is 0 Å². The van der Waals surface area contributed by atoms with E-state index in [2.05, 4.69) is 0 Å². The largest absolute Gasteiger partial charge is 0.426 e. The van der Waals surface area contributed by atoms with Crippen molar-refractivity contribution >= 4 is 0 Å². The van der Waals surface area contributed by atoms with E-state index in [1.54, 1.807) is 0 Å². The molecule has 0 fully saturated rings. The van der Waals surface area contributed by atoms with Crippen LogP contribution in [0.2, 0.25) is 0 Å². The lowest BCUT2D eigenvalue weighted by molar-refractivity contribution is -0.141. The summed E-state index contributed by atoms with van der Waals surface area (Å²) in [4.78, 5) is 0. The number of rotatable bonds is 2. The first-order valence-corrected chi connectivity index (χ1v) is 2.09. The molecule has 0 rings (SSSR count). The molecule has 0 spiro atoms. The summed E-state index contributed by atoms with van der Waals surface area (Å²) in [6, 6.07) is 0. The van der Waals surface area contributed by atoms with Crippen molar-refractivity contribution in [3.05, 3.63) is 12.6 Å². The molecule has 0 N–H and O–H groups in total. The van der Waals surface area contributed by atoms with Gasteiger partial charge in [0.1, 0.15) is 0 Å². The molecule has 2 radical (unpaired) electrons. The van der Waals surface area contributed by atoms with E-state index in [-0.39, 0.29) is 0 Å². The lowest BCUT2D eigenvalue weighted by atomic mass is 10.3. The zero-order valence-corrected chi connectivity index (χ0v) is 4.47. The van der Waals surface area contributed by atoms with E-state index in [0.717, 1.165) is 0 Å². The summed E-state index contributed by atoms with van der Waals surface area (Å²) in [5.41, 5.74) is 0. The van der Waals surface area contributed by atoms with E-state index in [9.17, 15) is 26.3 Å². The molecule has 0 aliphatic rings. The van der Waals surface area contributed by atoms with Crippen LogP contribution in [0.4, 0.5) is 26.3 Å². The summed E-state index contributed by atoms with van der Waals surface area (Å²) in [5, 5.41) is 0. The van der Waals surface area contributed by atoms with E-state index in [1.165, 1.54) is 0 Å². The Balaban J connectivity index is 3.73. The van der Waals surface area contributed by atoms with Gasteiger partial charge in [-0.15, -0.1) is 0 Å². The average Bonchev–Trinajstić information content (AvgIpc) is 1.60. The Hall–Kier alpha value is -0.420. The topological polar surface area (TPSA) is 0 Å². The normalized spacial score (nSPS) is 13.2. The van der Waals surface area contributed by atoms with E-state index >= 15 is 0 Å². The van der Waals surface area contributed by atoms with E-state index < -0.39 is 25.2 Å². The Bertz CT molecular complexity index is 94.4. The molecular weight excluding hydrogens is 162 g/mol. The maximum Gasteiger partial charge on any atom is 0.426 e. The summed E-state index contributed by atoms with van der Waals surface area (Å²) in [7, 11) is 0. The van der Waals surface area contributed by atoms with Gasteiger partial charge in [0, 0.05) is 0 Å². The lowest BCUT2D eigenvalue weighted by Crippen LogP contribution is -2.16. The Kier molecular flexibility index (Phi) is 2.98. The van der Waals surface area contributed by atoms with Crippen LogP contribution in [-0.2, 0) is 0 Å². The molecule has 60 valence electrons. The standard InChI is InChI=1S/C4H2F6/c5-2(1-3(6)7)4(8,9)10/h1H2. The first-order valence-electron chi connectivity index (χ1n) is 2.09. The van der Waals surface area contributed by atoms with Crippen LogP contribution in [0.25, 0.3) is 0 Å². The highest BCUT2D eigenvalue weighted by atomic mass is 19.4. The number of hydrogen-bond acceptors (Lipinski definition) is 0. The molecule has 0 aromatic heterocycles. The molecule has 0 saturated heterocycles. The molecular formula is C4H2F6. The Labute approximate surface area is 52.8 Å². The second kappa shape index (κ2) is 3.12. The predicted molar refractivity (Wildman–Crippen MR) is 20.5 cm³/mol. The minimum Gasteiger partial charge on any atom is -0.230 e. The Morgan fingerprint density at radius 1 is 1.00 bits per heavy atom. The van der Waals surface area contributed by atoms with Crippen LogP contribution in [0, 0.1) is 12.6 Å². The van der Waals surface area contributed by atoms with Crippen molar-refractivity contribution in [1.29, 1.82) is 0 Å². The highest BCUT2D eigenvalue weighted by Gasteiger charge is 2.43. The minimum atomic E-state index is -5.26. The van der Waals surface area contributed by atoms with E-state index in [1.807, 2.05) is 0 Å². The van der Waals surface area contributed by atoms with Crippen molar-refractivity contribution in [1.82, 2.24) is 0 Å². The van der Waals surface area contributed by atoms with Gasteiger partial charge < -0.3 is 0 Å². The molecule has 0 saturated carbocycles. The van der Waals surface area contributed by atoms with Crippen LogP contribution in [0.15, 0.2) is 0 Å². The van der Waals surface area contributed by atoms with Gasteiger partial charge in [-0.2, -0.15) is 22.0 Å². The SMILES string of the molecule is F[C](F)C[C](F)C(F)(F)F. The molecule has 6 heteroatoms. The highest BCUT2D eigenvalue weighted by Crippen LogP contribution is 2.35. The van der Waals surface area contributed by atoms with Gasteiger partial charge in [0.25, 0.3) is 6.17 Å². The molecule has 0 amide bonds. The van der Waals surface area contributed by atoms with Crippen LogP contribution < -0.4 is 0 Å². The molecule has 0 heterocycles. The molecule has 0 aromatic rings. The molecule has 0 aliphatic carbocycles. The second-order valence-electron chi connectivity index (χ2n) is 1.42. The van der Waals surface area contributed by atoms with Gasteiger partial charge in [0.05, 0.1) is 6.42 Å². The van der Waals surface area contributed by atoms with Crippen LogP contribution in [0.5, 0.6) is 0 Å². The van der Waals surface area contributed by atoms with E-state index in [4.69, 9.17) is 0 Å². The van der Waals surface area contributed by atoms with Gasteiger partial charge in [-0.05, 0) is 0 Å². The molecule has 0 unspecified atom stereocenters. The lowest BCUT2D eigenvalue weighted by Gasteiger charge is -2.08. The molecule has 0 aliphatic heterocycles. The molecule has 0 nitrogen and oxygen atoms in total. The summed E-state index contributed by atoms with van der Waals surface area (Å²) in [5.74, 6) is 0. The monoisotopic (exact) mass is 164 g/mol. The third-order valence-electron chi connectivity index (χ3n) is 0.596. The van der Waals surface area contributed by atoms with Crippen molar-refractivity contribution in [3.63, 3.8) is 0 Å². The Morgan fingerprint density at radius 3 is 1.50 bits per heavy atom. The minimum absolute atomic E-state index is 1.94. The Morgan fingerprint density at radius 2 is 1.40 bits per heavy atom. The zero-order chi connectivity index (χ0) is 8.36. The summed E-state index contributed by atoms with van der Waals surface area (Å²) in [6.45, 7) is 0. The number of hydrogen-bond donors (Lipinski definition) is 0. The summed E-state index contributed by atoms with van der Waals surface area (Å²) < 4.78 is 66.5. The van der Waals surface area contributed by atoms with Gasteiger partial charge in [0.15, 0.2) is 0 Å². The fourth-order valence-electron chi connectivity index (χ4n) is 0.218. The third kappa shape index (κ3) is 3.58. The molecule has 0 bridgehead atoms. The van der Waals surface area contributed by atoms with Gasteiger partial charge in [-0.3, -0.25) is 0 Å². The fraction of sp³-hybridized carbons (Fsp3) is 0.500. The summed E-state index contributed by atoms with van der Waals surface area (Å²) in [6.07, 6.45) is -12.5. The quantitative estimate of drug-likeness (QED) is 0.550. The van der Waals surface area contributed by atoms with Crippen molar-refractivity contribution in [2.45, 2.75) is 12.6 Å². The third-order valence-corrected chi connectivity index (χ3v) is 0.596. The van der Waals surface area contributed by atoms with E-state index in [0.29, 0.717) is 0 Å². The van der Waals surface area contributed by atoms with Crippen LogP contribution in [0.1, 0.15) is 6.42 Å². The smallest absolute Gasteiger partial charge is 0.230 e. The van der Waals surface area contributed by atoms with Crippen molar-refractivity contribution in [2.24, 2.45) is 0 Å².